The van der Waals surface area contributed by atoms with Crippen molar-refractivity contribution in [3.63, 3.8) is 0 Å². The Labute approximate surface area is 115 Å². The number of pyridine rings is 1. The topological polar surface area (TPSA) is 104 Å². The van der Waals surface area contributed by atoms with Crippen LogP contribution in [0, 0.1) is 10.1 Å². The Morgan fingerprint density at radius 1 is 1.45 bits per heavy atom. The highest BCUT2D eigenvalue weighted by atomic mass is 16.6. The summed E-state index contributed by atoms with van der Waals surface area (Å²) in [5.41, 5.74) is -0.137. The van der Waals surface area contributed by atoms with Crippen LogP contribution in [-0.4, -0.2) is 42.2 Å². The second-order valence-corrected chi connectivity index (χ2v) is 4.48. The third kappa shape index (κ3) is 2.85. The van der Waals surface area contributed by atoms with Crippen LogP contribution in [0.3, 0.4) is 0 Å². The van der Waals surface area contributed by atoms with Gasteiger partial charge in [0.05, 0.1) is 18.1 Å². The molecular formula is C12H15N3O5. The number of ether oxygens (including phenoxy) is 2. The van der Waals surface area contributed by atoms with E-state index in [4.69, 9.17) is 4.74 Å². The first kappa shape index (κ1) is 14.2. The molecule has 1 fully saturated rings. The van der Waals surface area contributed by atoms with Crippen molar-refractivity contribution in [2.45, 2.75) is 25.0 Å². The van der Waals surface area contributed by atoms with Crippen molar-refractivity contribution < 1.29 is 19.2 Å². The summed E-state index contributed by atoms with van der Waals surface area (Å²) in [4.78, 5) is 25.8. The maximum Gasteiger partial charge on any atom is 0.356 e. The van der Waals surface area contributed by atoms with Crippen LogP contribution in [-0.2, 0) is 9.47 Å². The van der Waals surface area contributed by atoms with E-state index in [1.807, 2.05) is 0 Å². The molecule has 0 unspecified atom stereocenters. The molecule has 2 rings (SSSR count). The van der Waals surface area contributed by atoms with Gasteiger partial charge >= 0.3 is 11.7 Å². The summed E-state index contributed by atoms with van der Waals surface area (Å²) >= 11 is 0. The van der Waals surface area contributed by atoms with Gasteiger partial charge in [-0.1, -0.05) is 0 Å². The van der Waals surface area contributed by atoms with E-state index in [1.54, 1.807) is 7.11 Å². The van der Waals surface area contributed by atoms with E-state index in [0.717, 1.165) is 12.8 Å². The number of carbonyl (C=O) groups is 1. The number of hydrogen-bond acceptors (Lipinski definition) is 7. The largest absolute Gasteiger partial charge is 0.464 e. The Morgan fingerprint density at radius 2 is 2.15 bits per heavy atom. The number of carbonyl (C=O) groups excluding carboxylic acids is 1. The summed E-state index contributed by atoms with van der Waals surface area (Å²) < 4.78 is 9.70. The minimum absolute atomic E-state index is 0.0308. The first-order valence-corrected chi connectivity index (χ1v) is 6.08. The maximum atomic E-state index is 11.4. The van der Waals surface area contributed by atoms with Crippen LogP contribution in [0.2, 0.25) is 0 Å². The molecule has 0 spiro atoms. The van der Waals surface area contributed by atoms with E-state index >= 15 is 0 Å². The Balaban J connectivity index is 2.19. The molecule has 1 N–H and O–H groups in total. The summed E-state index contributed by atoms with van der Waals surface area (Å²) in [5.74, 6) is -0.552. The molecule has 0 aromatic carbocycles. The third-order valence-corrected chi connectivity index (χ3v) is 3.23. The lowest BCUT2D eigenvalue weighted by Crippen LogP contribution is -2.40. The minimum Gasteiger partial charge on any atom is -0.464 e. The van der Waals surface area contributed by atoms with Gasteiger partial charge in [-0.2, -0.15) is 0 Å². The van der Waals surface area contributed by atoms with E-state index in [0.29, 0.717) is 0 Å². The Hall–Kier alpha value is -2.22. The van der Waals surface area contributed by atoms with Gasteiger partial charge in [-0.05, 0) is 18.9 Å². The number of rotatable bonds is 5. The summed E-state index contributed by atoms with van der Waals surface area (Å²) in [5, 5.41) is 13.9. The van der Waals surface area contributed by atoms with Gasteiger partial charge in [0.15, 0.2) is 5.69 Å². The SMILES string of the molecule is COC(=O)c1ccc([N+](=O)[O-])c(NC2CC(OC)C2)n1. The average Bonchev–Trinajstić information content (AvgIpc) is 2.40. The Morgan fingerprint density at radius 3 is 2.70 bits per heavy atom. The molecule has 8 nitrogen and oxygen atoms in total. The minimum atomic E-state index is -0.633. The molecule has 1 aromatic rings. The van der Waals surface area contributed by atoms with Gasteiger partial charge in [-0.15, -0.1) is 0 Å². The van der Waals surface area contributed by atoms with Crippen molar-refractivity contribution in [3.8, 4) is 0 Å². The maximum absolute atomic E-state index is 11.4. The molecule has 1 aliphatic rings. The van der Waals surface area contributed by atoms with E-state index in [9.17, 15) is 14.9 Å². The molecule has 0 atom stereocenters. The highest BCUT2D eigenvalue weighted by Gasteiger charge is 2.31. The van der Waals surface area contributed by atoms with E-state index in [-0.39, 0.29) is 29.3 Å². The number of methoxy groups -OCH3 is 2. The summed E-state index contributed by atoms with van der Waals surface area (Å²) in [7, 11) is 2.85. The third-order valence-electron chi connectivity index (χ3n) is 3.23. The van der Waals surface area contributed by atoms with Crippen LogP contribution >= 0.6 is 0 Å². The molecule has 8 heteroatoms. The first-order valence-electron chi connectivity index (χ1n) is 6.08. The molecular weight excluding hydrogens is 266 g/mol. The van der Waals surface area contributed by atoms with Crippen molar-refractivity contribution in [1.82, 2.24) is 4.98 Å². The van der Waals surface area contributed by atoms with Gasteiger partial charge in [0.1, 0.15) is 0 Å². The van der Waals surface area contributed by atoms with Gasteiger partial charge in [-0.3, -0.25) is 10.1 Å². The van der Waals surface area contributed by atoms with Gasteiger partial charge in [0.2, 0.25) is 5.82 Å². The van der Waals surface area contributed by atoms with E-state index < -0.39 is 10.9 Å². The van der Waals surface area contributed by atoms with Crippen LogP contribution in [0.4, 0.5) is 11.5 Å². The van der Waals surface area contributed by atoms with Crippen LogP contribution in [0.25, 0.3) is 0 Å². The lowest BCUT2D eigenvalue weighted by Gasteiger charge is -2.34. The van der Waals surface area contributed by atoms with Crippen molar-refractivity contribution >= 4 is 17.5 Å². The molecule has 0 bridgehead atoms. The fourth-order valence-corrected chi connectivity index (χ4v) is 1.99. The van der Waals surface area contributed by atoms with E-state index in [1.165, 1.54) is 19.2 Å². The van der Waals surface area contributed by atoms with Crippen molar-refractivity contribution in [2.24, 2.45) is 0 Å². The summed E-state index contributed by atoms with van der Waals surface area (Å²) in [6.07, 6.45) is 1.66. The average molecular weight is 281 g/mol. The fourth-order valence-electron chi connectivity index (χ4n) is 1.99. The normalized spacial score (nSPS) is 20.9. The zero-order valence-electron chi connectivity index (χ0n) is 11.2. The predicted molar refractivity (Wildman–Crippen MR) is 69.7 cm³/mol. The number of nitrogens with zero attached hydrogens (tertiary/aromatic N) is 2. The quantitative estimate of drug-likeness (QED) is 0.493. The number of nitro groups is 1. The molecule has 20 heavy (non-hydrogen) atoms. The fraction of sp³-hybridized carbons (Fsp3) is 0.500. The molecule has 0 aliphatic heterocycles. The smallest absolute Gasteiger partial charge is 0.356 e. The number of anilines is 1. The molecule has 0 saturated heterocycles. The van der Waals surface area contributed by atoms with Gasteiger partial charge < -0.3 is 14.8 Å². The van der Waals surface area contributed by atoms with Crippen molar-refractivity contribution in [3.05, 3.63) is 27.9 Å². The van der Waals surface area contributed by atoms with Crippen LogP contribution < -0.4 is 5.32 Å². The first-order chi connectivity index (χ1) is 9.55. The molecule has 1 saturated carbocycles. The van der Waals surface area contributed by atoms with Crippen LogP contribution in [0.5, 0.6) is 0 Å². The van der Waals surface area contributed by atoms with Crippen LogP contribution in [0.1, 0.15) is 23.3 Å². The Bertz CT molecular complexity index is 528. The van der Waals surface area contributed by atoms with Crippen molar-refractivity contribution in [1.29, 1.82) is 0 Å². The second kappa shape index (κ2) is 5.83. The predicted octanol–water partition coefficient (Wildman–Crippen LogP) is 1.37. The molecule has 108 valence electrons. The highest BCUT2D eigenvalue weighted by Crippen LogP contribution is 2.29. The molecule has 1 heterocycles. The standard InChI is InChI=1S/C12H15N3O5/c1-19-8-5-7(6-8)13-11-10(15(17)18)4-3-9(14-11)12(16)20-2/h3-4,7-8H,5-6H2,1-2H3,(H,13,14). The monoisotopic (exact) mass is 281 g/mol. The number of esters is 1. The van der Waals surface area contributed by atoms with Gasteiger partial charge in [0.25, 0.3) is 0 Å². The van der Waals surface area contributed by atoms with E-state index in [2.05, 4.69) is 15.0 Å². The van der Waals surface area contributed by atoms with Crippen LogP contribution in [0.15, 0.2) is 12.1 Å². The zero-order chi connectivity index (χ0) is 14.7. The second-order valence-electron chi connectivity index (χ2n) is 4.48. The molecule has 0 radical (unpaired) electrons. The van der Waals surface area contributed by atoms with Gasteiger partial charge in [-0.25, -0.2) is 9.78 Å². The lowest BCUT2D eigenvalue weighted by molar-refractivity contribution is -0.384. The number of aromatic nitrogens is 1. The lowest BCUT2D eigenvalue weighted by atomic mass is 9.89. The number of hydrogen-bond donors (Lipinski definition) is 1. The number of nitrogens with one attached hydrogen (secondary N) is 1. The zero-order valence-corrected chi connectivity index (χ0v) is 11.2. The molecule has 1 aliphatic carbocycles. The summed E-state index contributed by atoms with van der Waals surface area (Å²) in [6, 6.07) is 2.57. The van der Waals surface area contributed by atoms with Gasteiger partial charge in [0, 0.05) is 19.2 Å². The molecule has 1 aromatic heterocycles. The Kier molecular flexibility index (Phi) is 4.14. The van der Waals surface area contributed by atoms with Crippen molar-refractivity contribution in [2.75, 3.05) is 19.5 Å². The molecule has 0 amide bonds. The highest BCUT2D eigenvalue weighted by molar-refractivity contribution is 5.88. The summed E-state index contributed by atoms with van der Waals surface area (Å²) in [6.45, 7) is 0.